The molecule has 0 aromatic heterocycles. The van der Waals surface area contributed by atoms with E-state index in [1.54, 1.807) is 0 Å². The fourth-order valence-electron chi connectivity index (χ4n) is 2.60. The lowest BCUT2D eigenvalue weighted by Gasteiger charge is -2.27. The van der Waals surface area contributed by atoms with Crippen LogP contribution in [0.15, 0.2) is 24.3 Å². The summed E-state index contributed by atoms with van der Waals surface area (Å²) in [5.41, 5.74) is 0.737. The van der Waals surface area contributed by atoms with Crippen LogP contribution in [-0.2, 0) is 0 Å². The van der Waals surface area contributed by atoms with Crippen molar-refractivity contribution in [1.29, 1.82) is 0 Å². The molecule has 0 saturated carbocycles. The molecule has 21 heavy (non-hydrogen) atoms. The summed E-state index contributed by atoms with van der Waals surface area (Å²) in [6, 6.07) is 7.82. The summed E-state index contributed by atoms with van der Waals surface area (Å²) in [5, 5.41) is 3.32. The van der Waals surface area contributed by atoms with Crippen molar-refractivity contribution >= 4 is 5.91 Å². The van der Waals surface area contributed by atoms with Crippen LogP contribution in [0.25, 0.3) is 0 Å². The van der Waals surface area contributed by atoms with E-state index < -0.39 is 0 Å². The zero-order valence-corrected chi connectivity index (χ0v) is 13.3. The van der Waals surface area contributed by atoms with Crippen LogP contribution in [-0.4, -0.2) is 43.1 Å². The number of hydrogen-bond donors (Lipinski definition) is 1. The third-order valence-electron chi connectivity index (χ3n) is 3.76. The lowest BCUT2D eigenvalue weighted by molar-refractivity contribution is 0.0703. The molecule has 1 aliphatic heterocycles. The highest BCUT2D eigenvalue weighted by Gasteiger charge is 2.25. The van der Waals surface area contributed by atoms with E-state index in [9.17, 15) is 4.79 Å². The molecule has 4 nitrogen and oxygen atoms in total. The highest BCUT2D eigenvalue weighted by molar-refractivity contribution is 5.94. The molecule has 4 heteroatoms. The zero-order chi connectivity index (χ0) is 15.2. The highest BCUT2D eigenvalue weighted by atomic mass is 16.5. The van der Waals surface area contributed by atoms with Crippen LogP contribution in [0, 0.1) is 5.92 Å². The lowest BCUT2D eigenvalue weighted by atomic mass is 10.1. The summed E-state index contributed by atoms with van der Waals surface area (Å²) in [7, 11) is 0. The minimum Gasteiger partial charge on any atom is -0.493 e. The molecule has 0 aliphatic carbocycles. The van der Waals surface area contributed by atoms with Crippen molar-refractivity contribution in [2.45, 2.75) is 33.2 Å². The average Bonchev–Trinajstić information content (AvgIpc) is 3.00. The van der Waals surface area contributed by atoms with E-state index in [2.05, 4.69) is 19.2 Å². The fraction of sp³-hybridized carbons (Fsp3) is 0.588. The van der Waals surface area contributed by atoms with Gasteiger partial charge in [0.1, 0.15) is 5.75 Å². The maximum atomic E-state index is 12.6. The van der Waals surface area contributed by atoms with Crippen LogP contribution in [0.1, 0.15) is 37.6 Å². The van der Waals surface area contributed by atoms with Crippen LogP contribution in [0.4, 0.5) is 0 Å². The molecular weight excluding hydrogens is 264 g/mol. The van der Waals surface area contributed by atoms with Gasteiger partial charge in [0.25, 0.3) is 5.91 Å². The third kappa shape index (κ3) is 4.21. The molecule has 1 saturated heterocycles. The molecule has 1 unspecified atom stereocenters. The number of carbonyl (C=O) groups is 1. The Labute approximate surface area is 127 Å². The molecule has 1 fully saturated rings. The van der Waals surface area contributed by atoms with E-state index in [1.165, 1.54) is 0 Å². The standard InChI is InChI=1S/C17H26N2O2/c1-4-19(15-9-10-18-11-15)17(20)14-5-7-16(8-6-14)21-12-13(2)3/h5-8,13,15,18H,4,9-12H2,1-3H3. The van der Waals surface area contributed by atoms with Gasteiger partial charge < -0.3 is 15.0 Å². The Morgan fingerprint density at radius 1 is 1.38 bits per heavy atom. The zero-order valence-electron chi connectivity index (χ0n) is 13.3. The topological polar surface area (TPSA) is 41.6 Å². The Hall–Kier alpha value is -1.55. The lowest BCUT2D eigenvalue weighted by Crippen LogP contribution is -2.41. The molecule has 1 N–H and O–H groups in total. The van der Waals surface area contributed by atoms with Crippen molar-refractivity contribution < 1.29 is 9.53 Å². The molecular formula is C17H26N2O2. The van der Waals surface area contributed by atoms with Crippen molar-refractivity contribution in [3.63, 3.8) is 0 Å². The second kappa shape index (κ2) is 7.46. The predicted molar refractivity (Wildman–Crippen MR) is 84.8 cm³/mol. The average molecular weight is 290 g/mol. The summed E-state index contributed by atoms with van der Waals surface area (Å²) in [6.07, 6.45) is 1.04. The first-order chi connectivity index (χ1) is 10.1. The molecule has 0 spiro atoms. The van der Waals surface area contributed by atoms with Crippen molar-refractivity contribution in [2.75, 3.05) is 26.2 Å². The predicted octanol–water partition coefficient (Wildman–Crippen LogP) is 2.55. The normalized spacial score (nSPS) is 18.0. The molecule has 2 rings (SSSR count). The van der Waals surface area contributed by atoms with E-state index in [4.69, 9.17) is 4.74 Å². The van der Waals surface area contributed by atoms with Gasteiger partial charge in [-0.3, -0.25) is 4.79 Å². The van der Waals surface area contributed by atoms with Crippen LogP contribution < -0.4 is 10.1 Å². The van der Waals surface area contributed by atoms with Crippen LogP contribution in [0.5, 0.6) is 5.75 Å². The van der Waals surface area contributed by atoms with E-state index in [0.717, 1.165) is 37.4 Å². The van der Waals surface area contributed by atoms with Gasteiger partial charge in [-0.25, -0.2) is 0 Å². The minimum absolute atomic E-state index is 0.113. The molecule has 1 aliphatic rings. The number of benzene rings is 1. The molecule has 0 bridgehead atoms. The van der Waals surface area contributed by atoms with Crippen LogP contribution in [0.3, 0.4) is 0 Å². The molecule has 1 aromatic carbocycles. The quantitative estimate of drug-likeness (QED) is 0.875. The number of amides is 1. The van der Waals surface area contributed by atoms with Crippen LogP contribution in [0.2, 0.25) is 0 Å². The molecule has 1 aromatic rings. The van der Waals surface area contributed by atoms with E-state index in [1.807, 2.05) is 36.1 Å². The molecule has 1 atom stereocenters. The summed E-state index contributed by atoms with van der Waals surface area (Å²) in [4.78, 5) is 14.6. The van der Waals surface area contributed by atoms with Gasteiger partial charge in [-0.2, -0.15) is 0 Å². The first-order valence-corrected chi connectivity index (χ1v) is 7.86. The van der Waals surface area contributed by atoms with Crippen LogP contribution >= 0.6 is 0 Å². The maximum absolute atomic E-state index is 12.6. The van der Waals surface area contributed by atoms with Crippen molar-refractivity contribution in [2.24, 2.45) is 5.92 Å². The molecule has 1 amide bonds. The van der Waals surface area contributed by atoms with E-state index >= 15 is 0 Å². The summed E-state index contributed by atoms with van der Waals surface area (Å²) in [6.45, 7) is 9.61. The monoisotopic (exact) mass is 290 g/mol. The van der Waals surface area contributed by atoms with Crippen molar-refractivity contribution in [3.05, 3.63) is 29.8 Å². The molecule has 116 valence electrons. The van der Waals surface area contributed by atoms with Gasteiger partial charge in [0.05, 0.1) is 6.61 Å². The third-order valence-corrected chi connectivity index (χ3v) is 3.76. The Morgan fingerprint density at radius 2 is 2.10 bits per heavy atom. The largest absolute Gasteiger partial charge is 0.493 e. The van der Waals surface area contributed by atoms with Gasteiger partial charge >= 0.3 is 0 Å². The van der Waals surface area contributed by atoms with Gasteiger partial charge in [0, 0.05) is 24.7 Å². The van der Waals surface area contributed by atoms with Gasteiger partial charge in [0.2, 0.25) is 0 Å². The number of likely N-dealkylation sites (N-methyl/N-ethyl adjacent to an activating group) is 1. The Kier molecular flexibility index (Phi) is 5.62. The summed E-state index contributed by atoms with van der Waals surface area (Å²) in [5.74, 6) is 1.43. The molecule has 1 heterocycles. The maximum Gasteiger partial charge on any atom is 0.254 e. The number of hydrogen-bond acceptors (Lipinski definition) is 3. The number of rotatable bonds is 6. The van der Waals surface area contributed by atoms with E-state index in [-0.39, 0.29) is 5.91 Å². The number of nitrogens with one attached hydrogen (secondary N) is 1. The minimum atomic E-state index is 0.113. The number of nitrogens with zero attached hydrogens (tertiary/aromatic N) is 1. The summed E-state index contributed by atoms with van der Waals surface area (Å²) < 4.78 is 5.65. The Bertz CT molecular complexity index is 450. The Morgan fingerprint density at radius 3 is 2.62 bits per heavy atom. The second-order valence-corrected chi connectivity index (χ2v) is 5.97. The fourth-order valence-corrected chi connectivity index (χ4v) is 2.60. The summed E-state index contributed by atoms with van der Waals surface area (Å²) >= 11 is 0. The van der Waals surface area contributed by atoms with Gasteiger partial charge in [0.15, 0.2) is 0 Å². The van der Waals surface area contributed by atoms with Gasteiger partial charge in [-0.15, -0.1) is 0 Å². The number of carbonyl (C=O) groups excluding carboxylic acids is 1. The van der Waals surface area contributed by atoms with Gasteiger partial charge in [-0.05, 0) is 50.1 Å². The SMILES string of the molecule is CCN(C(=O)c1ccc(OCC(C)C)cc1)C1CCNC1. The first-order valence-electron chi connectivity index (χ1n) is 7.86. The second-order valence-electron chi connectivity index (χ2n) is 5.97. The number of ether oxygens (including phenoxy) is 1. The highest BCUT2D eigenvalue weighted by Crippen LogP contribution is 2.17. The smallest absolute Gasteiger partial charge is 0.254 e. The first kappa shape index (κ1) is 15.8. The van der Waals surface area contributed by atoms with Crippen molar-refractivity contribution in [1.82, 2.24) is 10.2 Å². The van der Waals surface area contributed by atoms with E-state index in [0.29, 0.717) is 18.6 Å². The van der Waals surface area contributed by atoms with Gasteiger partial charge in [-0.1, -0.05) is 13.8 Å². The Balaban J connectivity index is 2.01. The molecule has 0 radical (unpaired) electrons. The van der Waals surface area contributed by atoms with Crippen molar-refractivity contribution in [3.8, 4) is 5.75 Å².